The van der Waals surface area contributed by atoms with Crippen molar-refractivity contribution in [1.29, 1.82) is 0 Å². The van der Waals surface area contributed by atoms with Crippen LogP contribution in [0.3, 0.4) is 0 Å². The van der Waals surface area contributed by atoms with Crippen molar-refractivity contribution in [3.05, 3.63) is 83.0 Å². The Morgan fingerprint density at radius 2 is 1.41 bits per heavy atom. The third-order valence-corrected chi connectivity index (χ3v) is 4.42. The van der Waals surface area contributed by atoms with E-state index in [0.29, 0.717) is 17.1 Å². The molecule has 7 heteroatoms. The highest BCUT2D eigenvalue weighted by molar-refractivity contribution is 5.92. The van der Waals surface area contributed by atoms with Gasteiger partial charge in [-0.25, -0.2) is 0 Å². The Hall–Kier alpha value is -4.39. The predicted octanol–water partition coefficient (Wildman–Crippen LogP) is 5.10. The first-order valence-corrected chi connectivity index (χ1v) is 9.72. The third-order valence-electron chi connectivity index (χ3n) is 4.42. The van der Waals surface area contributed by atoms with Crippen LogP contribution in [0.1, 0.15) is 13.8 Å². The number of carbonyl (C=O) groups excluding carboxylic acids is 2. The number of benzene rings is 3. The van der Waals surface area contributed by atoms with Gasteiger partial charge in [0, 0.05) is 31.5 Å². The maximum atomic E-state index is 13.2. The van der Waals surface area contributed by atoms with Crippen LogP contribution in [0.5, 0.6) is 23.0 Å². The summed E-state index contributed by atoms with van der Waals surface area (Å²) in [6.07, 6.45) is 0. The molecule has 32 heavy (non-hydrogen) atoms. The number of rotatable bonds is 5. The highest BCUT2D eigenvalue weighted by Gasteiger charge is 2.25. The lowest BCUT2D eigenvalue weighted by Crippen LogP contribution is -2.11. The average molecular weight is 430 g/mol. The molecular formula is C25H18O7. The Balaban J connectivity index is 2.03. The molecule has 0 bridgehead atoms. The van der Waals surface area contributed by atoms with Crippen LogP contribution in [0.2, 0.25) is 0 Å². The van der Waals surface area contributed by atoms with E-state index in [9.17, 15) is 14.4 Å². The lowest BCUT2D eigenvalue weighted by atomic mass is 10.1. The monoisotopic (exact) mass is 430 g/mol. The first-order chi connectivity index (χ1) is 15.4. The maximum Gasteiger partial charge on any atom is 0.308 e. The molecule has 0 aliphatic rings. The zero-order valence-corrected chi connectivity index (χ0v) is 17.3. The molecule has 1 aromatic heterocycles. The summed E-state index contributed by atoms with van der Waals surface area (Å²) in [4.78, 5) is 36.7. The summed E-state index contributed by atoms with van der Waals surface area (Å²) in [7, 11) is 0. The lowest BCUT2D eigenvalue weighted by Gasteiger charge is -2.16. The van der Waals surface area contributed by atoms with Crippen LogP contribution in [-0.2, 0) is 9.59 Å². The topological polar surface area (TPSA) is 92.0 Å². The van der Waals surface area contributed by atoms with E-state index in [0.717, 1.165) is 0 Å². The van der Waals surface area contributed by atoms with Crippen molar-refractivity contribution in [2.75, 3.05) is 0 Å². The quantitative estimate of drug-likeness (QED) is 0.321. The zero-order valence-electron chi connectivity index (χ0n) is 17.3. The third kappa shape index (κ3) is 4.37. The van der Waals surface area contributed by atoms with E-state index >= 15 is 0 Å². The van der Waals surface area contributed by atoms with E-state index in [1.54, 1.807) is 42.5 Å². The van der Waals surface area contributed by atoms with Crippen LogP contribution in [-0.4, -0.2) is 11.9 Å². The van der Waals surface area contributed by atoms with Gasteiger partial charge in [0.2, 0.25) is 5.75 Å². The average Bonchev–Trinajstić information content (AvgIpc) is 2.76. The SMILES string of the molecule is CC(=O)Oc1cc2oc(-c3ccccc3)cc(=O)c2c(Oc2ccccc2)c1OC(C)=O. The van der Waals surface area contributed by atoms with E-state index in [1.165, 1.54) is 26.0 Å². The molecule has 0 fully saturated rings. The van der Waals surface area contributed by atoms with Gasteiger partial charge in [0.1, 0.15) is 22.5 Å². The van der Waals surface area contributed by atoms with Gasteiger partial charge in [-0.05, 0) is 12.1 Å². The number of fused-ring (bicyclic) bond motifs is 1. The lowest BCUT2D eigenvalue weighted by molar-refractivity contribution is -0.134. The molecule has 0 amide bonds. The Kier molecular flexibility index (Phi) is 5.72. The minimum Gasteiger partial charge on any atom is -0.456 e. The molecule has 0 atom stereocenters. The first-order valence-electron chi connectivity index (χ1n) is 9.72. The number of ether oxygens (including phenoxy) is 3. The van der Waals surface area contributed by atoms with Gasteiger partial charge in [-0.15, -0.1) is 0 Å². The fourth-order valence-corrected chi connectivity index (χ4v) is 3.17. The Labute approximate surface area is 182 Å². The van der Waals surface area contributed by atoms with Crippen molar-refractivity contribution in [3.8, 4) is 34.3 Å². The largest absolute Gasteiger partial charge is 0.456 e. The summed E-state index contributed by atoms with van der Waals surface area (Å²) in [5.74, 6) is -1.01. The van der Waals surface area contributed by atoms with Crippen molar-refractivity contribution < 1.29 is 28.2 Å². The second-order valence-electron chi connectivity index (χ2n) is 6.85. The summed E-state index contributed by atoms with van der Waals surface area (Å²) < 4.78 is 22.5. The molecule has 0 unspecified atom stereocenters. The van der Waals surface area contributed by atoms with Crippen LogP contribution in [0, 0.1) is 0 Å². The van der Waals surface area contributed by atoms with E-state index in [1.807, 2.05) is 18.2 Å². The zero-order chi connectivity index (χ0) is 22.7. The summed E-state index contributed by atoms with van der Waals surface area (Å²) >= 11 is 0. The van der Waals surface area contributed by atoms with Crippen LogP contribution in [0.4, 0.5) is 0 Å². The number of esters is 2. The van der Waals surface area contributed by atoms with Gasteiger partial charge in [0.15, 0.2) is 16.9 Å². The van der Waals surface area contributed by atoms with Gasteiger partial charge in [-0.3, -0.25) is 14.4 Å². The number of hydrogen-bond donors (Lipinski definition) is 0. The van der Waals surface area contributed by atoms with Crippen LogP contribution in [0.25, 0.3) is 22.3 Å². The molecule has 160 valence electrons. The molecule has 4 aromatic rings. The number of para-hydroxylation sites is 1. The summed E-state index contributed by atoms with van der Waals surface area (Å²) in [6, 6.07) is 20.4. The maximum absolute atomic E-state index is 13.2. The second kappa shape index (κ2) is 8.77. The molecule has 1 heterocycles. The minimum absolute atomic E-state index is 0.0423. The highest BCUT2D eigenvalue weighted by Crippen LogP contribution is 2.45. The Bertz CT molecular complexity index is 1360. The highest BCUT2D eigenvalue weighted by atomic mass is 16.6. The van der Waals surface area contributed by atoms with Gasteiger partial charge in [-0.1, -0.05) is 48.5 Å². The molecule has 0 aliphatic carbocycles. The van der Waals surface area contributed by atoms with Crippen molar-refractivity contribution >= 4 is 22.9 Å². The molecule has 4 rings (SSSR count). The number of hydrogen-bond acceptors (Lipinski definition) is 7. The van der Waals surface area contributed by atoms with E-state index in [4.69, 9.17) is 18.6 Å². The van der Waals surface area contributed by atoms with Crippen LogP contribution >= 0.6 is 0 Å². The summed E-state index contributed by atoms with van der Waals surface area (Å²) in [5, 5.41) is 0.0423. The molecule has 0 aliphatic heterocycles. The van der Waals surface area contributed by atoms with Gasteiger partial charge in [0.25, 0.3) is 0 Å². The van der Waals surface area contributed by atoms with Gasteiger partial charge < -0.3 is 18.6 Å². The fraction of sp³-hybridized carbons (Fsp3) is 0.0800. The first kappa shape index (κ1) is 20.9. The van der Waals surface area contributed by atoms with E-state index < -0.39 is 17.4 Å². The molecule has 0 saturated carbocycles. The molecule has 0 spiro atoms. The van der Waals surface area contributed by atoms with Gasteiger partial charge in [0.05, 0.1) is 0 Å². The predicted molar refractivity (Wildman–Crippen MR) is 117 cm³/mol. The fourth-order valence-electron chi connectivity index (χ4n) is 3.17. The van der Waals surface area contributed by atoms with Gasteiger partial charge >= 0.3 is 11.9 Å². The minimum atomic E-state index is -0.680. The Morgan fingerprint density at radius 3 is 2.03 bits per heavy atom. The summed E-state index contributed by atoms with van der Waals surface area (Å²) in [5.41, 5.74) is 0.378. The van der Waals surface area contributed by atoms with Crippen molar-refractivity contribution in [2.24, 2.45) is 0 Å². The molecule has 7 nitrogen and oxygen atoms in total. The molecular weight excluding hydrogens is 412 g/mol. The molecule has 0 radical (unpaired) electrons. The number of carbonyl (C=O) groups is 2. The molecule has 0 N–H and O–H groups in total. The van der Waals surface area contributed by atoms with E-state index in [-0.39, 0.29) is 28.2 Å². The smallest absolute Gasteiger partial charge is 0.308 e. The van der Waals surface area contributed by atoms with Crippen molar-refractivity contribution in [1.82, 2.24) is 0 Å². The molecule has 3 aromatic carbocycles. The standard InChI is InChI=1S/C25H18O7/c1-15(26)29-22-14-21-23(19(28)13-20(32-21)17-9-5-3-6-10-17)25(24(22)30-16(2)27)31-18-11-7-4-8-12-18/h3-14H,1-2H3. The normalized spacial score (nSPS) is 10.6. The van der Waals surface area contributed by atoms with Gasteiger partial charge in [-0.2, -0.15) is 0 Å². The van der Waals surface area contributed by atoms with Crippen LogP contribution in [0.15, 0.2) is 82.0 Å². The van der Waals surface area contributed by atoms with Crippen LogP contribution < -0.4 is 19.6 Å². The van der Waals surface area contributed by atoms with Crippen molar-refractivity contribution in [2.45, 2.75) is 13.8 Å². The Morgan fingerprint density at radius 1 is 0.781 bits per heavy atom. The van der Waals surface area contributed by atoms with E-state index in [2.05, 4.69) is 0 Å². The molecule has 0 saturated heterocycles. The summed E-state index contributed by atoms with van der Waals surface area (Å²) in [6.45, 7) is 2.39. The second-order valence-corrected chi connectivity index (χ2v) is 6.85. The van der Waals surface area contributed by atoms with Crippen molar-refractivity contribution in [3.63, 3.8) is 0 Å².